The molecular formula is C20H19N5O3. The van der Waals surface area contributed by atoms with E-state index in [0.29, 0.717) is 17.0 Å². The Bertz CT molecular complexity index is 1010. The van der Waals surface area contributed by atoms with E-state index in [2.05, 4.69) is 15.4 Å². The second-order valence-corrected chi connectivity index (χ2v) is 6.57. The summed E-state index contributed by atoms with van der Waals surface area (Å²) in [5.74, 6) is 0.192. The standard InChI is InChI=1S/C20H19N5O3/c1-13(14-3-6-16(7-4-14)25-12-21-11-22-25)24(2)20(27)15-5-8-18-17(9-15)23-19(26)10-28-18/h3-9,11-13H,10H2,1-2H3,(H,23,26). The van der Waals surface area contributed by atoms with Crippen LogP contribution >= 0.6 is 0 Å². The number of hydrogen-bond acceptors (Lipinski definition) is 5. The fourth-order valence-corrected chi connectivity index (χ4v) is 3.07. The highest BCUT2D eigenvalue weighted by molar-refractivity contribution is 5.99. The van der Waals surface area contributed by atoms with Crippen molar-refractivity contribution in [1.29, 1.82) is 0 Å². The highest BCUT2D eigenvalue weighted by atomic mass is 16.5. The first kappa shape index (κ1) is 17.7. The van der Waals surface area contributed by atoms with Crippen LogP contribution in [0.4, 0.5) is 5.69 Å². The summed E-state index contributed by atoms with van der Waals surface area (Å²) in [5.41, 5.74) is 2.89. The molecule has 1 aromatic heterocycles. The van der Waals surface area contributed by atoms with Gasteiger partial charge in [0.2, 0.25) is 0 Å². The first-order valence-electron chi connectivity index (χ1n) is 8.82. The van der Waals surface area contributed by atoms with Crippen LogP contribution in [0.15, 0.2) is 55.1 Å². The quantitative estimate of drug-likeness (QED) is 0.754. The second kappa shape index (κ2) is 7.15. The lowest BCUT2D eigenvalue weighted by Gasteiger charge is -2.26. The number of nitrogens with one attached hydrogen (secondary N) is 1. The number of anilines is 1. The van der Waals surface area contributed by atoms with Crippen molar-refractivity contribution in [2.45, 2.75) is 13.0 Å². The van der Waals surface area contributed by atoms with E-state index in [9.17, 15) is 9.59 Å². The van der Waals surface area contributed by atoms with E-state index in [0.717, 1.165) is 11.3 Å². The molecule has 1 N–H and O–H groups in total. The zero-order chi connectivity index (χ0) is 19.7. The lowest BCUT2D eigenvalue weighted by atomic mass is 10.1. The number of aromatic nitrogens is 3. The molecule has 0 saturated heterocycles. The molecule has 0 spiro atoms. The van der Waals surface area contributed by atoms with Crippen molar-refractivity contribution in [3.8, 4) is 11.4 Å². The molecule has 0 bridgehead atoms. The molecule has 28 heavy (non-hydrogen) atoms. The normalized spacial score (nSPS) is 13.9. The molecule has 4 rings (SSSR count). The van der Waals surface area contributed by atoms with Crippen LogP contribution in [0.2, 0.25) is 0 Å². The van der Waals surface area contributed by atoms with E-state index in [1.807, 2.05) is 31.2 Å². The largest absolute Gasteiger partial charge is 0.482 e. The van der Waals surface area contributed by atoms with E-state index in [-0.39, 0.29) is 24.5 Å². The van der Waals surface area contributed by atoms with Crippen molar-refractivity contribution in [2.24, 2.45) is 0 Å². The fourth-order valence-electron chi connectivity index (χ4n) is 3.07. The summed E-state index contributed by atoms with van der Waals surface area (Å²) in [5, 5.41) is 6.83. The number of carbonyl (C=O) groups excluding carboxylic acids is 2. The van der Waals surface area contributed by atoms with Gasteiger partial charge in [0.05, 0.1) is 17.4 Å². The Balaban J connectivity index is 1.52. The number of fused-ring (bicyclic) bond motifs is 1. The third kappa shape index (κ3) is 3.32. The van der Waals surface area contributed by atoms with Crippen LogP contribution in [0.5, 0.6) is 5.75 Å². The maximum absolute atomic E-state index is 12.9. The maximum Gasteiger partial charge on any atom is 0.262 e. The SMILES string of the molecule is CC(c1ccc(-n2cncn2)cc1)N(C)C(=O)c1ccc2c(c1)NC(=O)CO2. The molecule has 8 heteroatoms. The average molecular weight is 377 g/mol. The van der Waals surface area contributed by atoms with Gasteiger partial charge in [-0.3, -0.25) is 9.59 Å². The smallest absolute Gasteiger partial charge is 0.262 e. The van der Waals surface area contributed by atoms with Gasteiger partial charge in [0.15, 0.2) is 6.61 Å². The summed E-state index contributed by atoms with van der Waals surface area (Å²) >= 11 is 0. The van der Waals surface area contributed by atoms with Gasteiger partial charge in [0.1, 0.15) is 18.4 Å². The van der Waals surface area contributed by atoms with E-state index >= 15 is 0 Å². The van der Waals surface area contributed by atoms with E-state index < -0.39 is 0 Å². The molecule has 0 aliphatic carbocycles. The number of hydrogen-bond donors (Lipinski definition) is 1. The molecule has 3 aromatic rings. The van der Waals surface area contributed by atoms with Gasteiger partial charge in [-0.05, 0) is 42.8 Å². The Labute approximate surface area is 161 Å². The summed E-state index contributed by atoms with van der Waals surface area (Å²) in [6, 6.07) is 12.7. The molecule has 1 atom stereocenters. The summed E-state index contributed by atoms with van der Waals surface area (Å²) in [4.78, 5) is 30.0. The topological polar surface area (TPSA) is 89.4 Å². The monoisotopic (exact) mass is 377 g/mol. The Kier molecular flexibility index (Phi) is 4.52. The van der Waals surface area contributed by atoms with Crippen molar-refractivity contribution in [2.75, 3.05) is 19.0 Å². The summed E-state index contributed by atoms with van der Waals surface area (Å²) < 4.78 is 7.01. The predicted molar refractivity (Wildman–Crippen MR) is 102 cm³/mol. The van der Waals surface area contributed by atoms with Gasteiger partial charge in [-0.15, -0.1) is 0 Å². The van der Waals surface area contributed by atoms with Gasteiger partial charge < -0.3 is 15.0 Å². The minimum atomic E-state index is -0.230. The molecule has 1 aliphatic heterocycles. The zero-order valence-corrected chi connectivity index (χ0v) is 15.5. The predicted octanol–water partition coefficient (Wildman–Crippen LogP) is 2.43. The number of amides is 2. The number of carbonyl (C=O) groups is 2. The maximum atomic E-state index is 12.9. The van der Waals surface area contributed by atoms with Crippen molar-refractivity contribution in [1.82, 2.24) is 19.7 Å². The van der Waals surface area contributed by atoms with Crippen LogP contribution in [0.25, 0.3) is 5.69 Å². The van der Waals surface area contributed by atoms with Crippen LogP contribution in [-0.4, -0.2) is 45.1 Å². The number of ether oxygens (including phenoxy) is 1. The molecule has 1 unspecified atom stereocenters. The van der Waals surface area contributed by atoms with Crippen LogP contribution in [0, 0.1) is 0 Å². The molecule has 2 aromatic carbocycles. The number of rotatable bonds is 4. The Morgan fingerprint density at radius 1 is 1.25 bits per heavy atom. The molecule has 0 radical (unpaired) electrons. The Morgan fingerprint density at radius 2 is 2.04 bits per heavy atom. The molecule has 0 fully saturated rings. The summed E-state index contributed by atoms with van der Waals surface area (Å²) in [7, 11) is 1.76. The van der Waals surface area contributed by atoms with Crippen molar-refractivity contribution >= 4 is 17.5 Å². The van der Waals surface area contributed by atoms with Crippen molar-refractivity contribution in [3.63, 3.8) is 0 Å². The minimum absolute atomic E-state index is 0.0121. The van der Waals surface area contributed by atoms with Gasteiger partial charge in [0, 0.05) is 12.6 Å². The van der Waals surface area contributed by atoms with Gasteiger partial charge in [0.25, 0.3) is 11.8 Å². The van der Waals surface area contributed by atoms with Gasteiger partial charge in [-0.1, -0.05) is 12.1 Å². The molecule has 2 amide bonds. The van der Waals surface area contributed by atoms with E-state index in [1.165, 1.54) is 6.33 Å². The third-order valence-electron chi connectivity index (χ3n) is 4.82. The Morgan fingerprint density at radius 3 is 2.75 bits per heavy atom. The van der Waals surface area contributed by atoms with Crippen molar-refractivity contribution in [3.05, 3.63) is 66.2 Å². The minimum Gasteiger partial charge on any atom is -0.482 e. The molecule has 8 nitrogen and oxygen atoms in total. The fraction of sp³-hybridized carbons (Fsp3) is 0.200. The number of nitrogens with zero attached hydrogens (tertiary/aromatic N) is 4. The summed E-state index contributed by atoms with van der Waals surface area (Å²) in [6.45, 7) is 1.95. The highest BCUT2D eigenvalue weighted by Crippen LogP contribution is 2.30. The first-order chi connectivity index (χ1) is 13.5. The van der Waals surface area contributed by atoms with Crippen molar-refractivity contribution < 1.29 is 14.3 Å². The first-order valence-corrected chi connectivity index (χ1v) is 8.82. The van der Waals surface area contributed by atoms with Crippen LogP contribution in [0.1, 0.15) is 28.9 Å². The molecule has 0 saturated carbocycles. The molecule has 142 valence electrons. The van der Waals surface area contributed by atoms with E-state index in [1.54, 1.807) is 41.2 Å². The zero-order valence-electron chi connectivity index (χ0n) is 15.5. The Hall–Kier alpha value is -3.68. The van der Waals surface area contributed by atoms with Crippen LogP contribution in [-0.2, 0) is 4.79 Å². The molecule has 1 aliphatic rings. The average Bonchev–Trinajstić information content (AvgIpc) is 3.26. The lowest BCUT2D eigenvalue weighted by molar-refractivity contribution is -0.118. The van der Waals surface area contributed by atoms with Gasteiger partial charge in [-0.2, -0.15) is 5.10 Å². The van der Waals surface area contributed by atoms with Gasteiger partial charge >= 0.3 is 0 Å². The van der Waals surface area contributed by atoms with E-state index in [4.69, 9.17) is 4.74 Å². The third-order valence-corrected chi connectivity index (χ3v) is 4.82. The van der Waals surface area contributed by atoms with Gasteiger partial charge in [-0.25, -0.2) is 9.67 Å². The second-order valence-electron chi connectivity index (χ2n) is 6.57. The summed E-state index contributed by atoms with van der Waals surface area (Å²) in [6.07, 6.45) is 3.11. The number of benzene rings is 2. The molecule has 2 heterocycles. The lowest BCUT2D eigenvalue weighted by Crippen LogP contribution is -2.30. The highest BCUT2D eigenvalue weighted by Gasteiger charge is 2.22. The van der Waals surface area contributed by atoms with Crippen LogP contribution < -0.4 is 10.1 Å². The van der Waals surface area contributed by atoms with Crippen LogP contribution in [0.3, 0.4) is 0 Å². The molecular weight excluding hydrogens is 358 g/mol.